The molecule has 3 N–H and O–H groups in total. The van der Waals surface area contributed by atoms with Crippen LogP contribution in [0.15, 0.2) is 47.4 Å². The zero-order chi connectivity index (χ0) is 15.6. The van der Waals surface area contributed by atoms with Gasteiger partial charge < -0.3 is 0 Å². The smallest absolute Gasteiger partial charge is 0.175 e. The third kappa shape index (κ3) is 3.32. The monoisotopic (exact) mass is 304 g/mol. The fraction of sp³-hybridized carbons (Fsp3) is 0.250. The van der Waals surface area contributed by atoms with E-state index in [9.17, 15) is 8.42 Å². The molecule has 0 fully saturated rings. The van der Waals surface area contributed by atoms with Crippen molar-refractivity contribution in [3.05, 3.63) is 64.7 Å². The minimum atomic E-state index is -3.24. The van der Waals surface area contributed by atoms with Crippen LogP contribution in [0.4, 0.5) is 0 Å². The molecule has 0 amide bonds. The average Bonchev–Trinajstić information content (AvgIpc) is 2.44. The molecule has 0 aliphatic heterocycles. The van der Waals surface area contributed by atoms with Crippen LogP contribution in [0.25, 0.3) is 0 Å². The van der Waals surface area contributed by atoms with Crippen LogP contribution in [-0.2, 0) is 9.84 Å². The minimum absolute atomic E-state index is 0.244. The largest absolute Gasteiger partial charge is 0.271 e. The Balaban J connectivity index is 2.55. The lowest BCUT2D eigenvalue weighted by atomic mass is 9.93. The molecule has 21 heavy (non-hydrogen) atoms. The van der Waals surface area contributed by atoms with Crippen molar-refractivity contribution >= 4 is 9.84 Å². The van der Waals surface area contributed by atoms with Crippen LogP contribution >= 0.6 is 0 Å². The molecule has 0 spiro atoms. The Morgan fingerprint density at radius 1 is 1.10 bits per heavy atom. The third-order valence-corrected chi connectivity index (χ3v) is 4.85. The summed E-state index contributed by atoms with van der Waals surface area (Å²) in [5.74, 6) is 5.72. The van der Waals surface area contributed by atoms with E-state index < -0.39 is 9.84 Å². The highest BCUT2D eigenvalue weighted by atomic mass is 32.2. The summed E-state index contributed by atoms with van der Waals surface area (Å²) in [6.07, 6.45) is 1.20. The van der Waals surface area contributed by atoms with E-state index in [-0.39, 0.29) is 6.04 Å². The molecule has 0 bridgehead atoms. The van der Waals surface area contributed by atoms with E-state index >= 15 is 0 Å². The molecule has 1 atom stereocenters. The summed E-state index contributed by atoms with van der Waals surface area (Å²) in [5.41, 5.74) is 6.98. The van der Waals surface area contributed by atoms with Crippen LogP contribution < -0.4 is 11.3 Å². The lowest BCUT2D eigenvalue weighted by Gasteiger charge is -2.20. The molecule has 2 rings (SSSR count). The molecular formula is C16H20N2O2S. The van der Waals surface area contributed by atoms with Crippen LogP contribution in [-0.4, -0.2) is 14.7 Å². The molecule has 0 aliphatic rings. The molecule has 0 aliphatic carbocycles. The summed E-state index contributed by atoms with van der Waals surface area (Å²) in [6, 6.07) is 12.6. The zero-order valence-electron chi connectivity index (χ0n) is 12.4. The Bertz CT molecular complexity index is 755. The fourth-order valence-electron chi connectivity index (χ4n) is 2.38. The molecule has 5 heteroatoms. The van der Waals surface area contributed by atoms with Gasteiger partial charge >= 0.3 is 0 Å². The Morgan fingerprint density at radius 3 is 2.38 bits per heavy atom. The van der Waals surface area contributed by atoms with Crippen molar-refractivity contribution in [2.45, 2.75) is 24.8 Å². The van der Waals surface area contributed by atoms with Gasteiger partial charge in [0.1, 0.15) is 0 Å². The van der Waals surface area contributed by atoms with Gasteiger partial charge in [-0.25, -0.2) is 13.8 Å². The predicted molar refractivity (Wildman–Crippen MR) is 84.6 cm³/mol. The lowest BCUT2D eigenvalue weighted by Crippen LogP contribution is -2.29. The van der Waals surface area contributed by atoms with Gasteiger partial charge in [0, 0.05) is 6.26 Å². The summed E-state index contributed by atoms with van der Waals surface area (Å²) < 4.78 is 23.4. The second kappa shape index (κ2) is 5.97. The first-order valence-corrected chi connectivity index (χ1v) is 8.56. The quantitative estimate of drug-likeness (QED) is 0.671. The molecule has 0 heterocycles. The van der Waals surface area contributed by atoms with Gasteiger partial charge in [0.2, 0.25) is 0 Å². The number of rotatable bonds is 4. The molecular weight excluding hydrogens is 284 g/mol. The topological polar surface area (TPSA) is 72.2 Å². The molecule has 0 radical (unpaired) electrons. The molecule has 1 unspecified atom stereocenters. The summed E-state index contributed by atoms with van der Waals surface area (Å²) in [5, 5.41) is 0. The Hall–Kier alpha value is -1.69. The maximum atomic E-state index is 11.7. The van der Waals surface area contributed by atoms with E-state index in [1.54, 1.807) is 18.2 Å². The maximum Gasteiger partial charge on any atom is 0.175 e. The van der Waals surface area contributed by atoms with Crippen LogP contribution in [0.1, 0.15) is 28.3 Å². The summed E-state index contributed by atoms with van der Waals surface area (Å²) in [7, 11) is -3.24. The van der Waals surface area contributed by atoms with E-state index in [0.29, 0.717) is 4.90 Å². The van der Waals surface area contributed by atoms with Crippen molar-refractivity contribution in [3.63, 3.8) is 0 Å². The number of sulfone groups is 1. The van der Waals surface area contributed by atoms with E-state index in [1.165, 1.54) is 11.8 Å². The molecule has 0 aromatic heterocycles. The lowest BCUT2D eigenvalue weighted by molar-refractivity contribution is 0.600. The molecule has 2 aromatic carbocycles. The number of nitrogens with one attached hydrogen (secondary N) is 1. The van der Waals surface area contributed by atoms with E-state index in [0.717, 1.165) is 16.7 Å². The Morgan fingerprint density at radius 2 is 1.76 bits per heavy atom. The highest BCUT2D eigenvalue weighted by molar-refractivity contribution is 7.90. The Labute approximate surface area is 125 Å². The van der Waals surface area contributed by atoms with E-state index in [2.05, 4.69) is 5.43 Å². The van der Waals surface area contributed by atoms with Crippen molar-refractivity contribution in [1.29, 1.82) is 0 Å². The number of hydrazine groups is 1. The first-order valence-electron chi connectivity index (χ1n) is 6.67. The minimum Gasteiger partial charge on any atom is -0.271 e. The van der Waals surface area contributed by atoms with Gasteiger partial charge in [0.15, 0.2) is 9.84 Å². The summed E-state index contributed by atoms with van der Waals surface area (Å²) in [6.45, 7) is 4.08. The van der Waals surface area contributed by atoms with Crippen molar-refractivity contribution in [1.82, 2.24) is 5.43 Å². The molecule has 112 valence electrons. The molecule has 4 nitrogen and oxygen atoms in total. The highest BCUT2D eigenvalue weighted by Crippen LogP contribution is 2.27. The first-order chi connectivity index (χ1) is 9.84. The normalized spacial score (nSPS) is 13.1. The third-order valence-electron chi connectivity index (χ3n) is 3.74. The van der Waals surface area contributed by atoms with E-state index in [4.69, 9.17) is 5.84 Å². The number of aryl methyl sites for hydroxylation is 1. The van der Waals surface area contributed by atoms with E-state index in [1.807, 2.05) is 38.1 Å². The van der Waals surface area contributed by atoms with Crippen LogP contribution in [0, 0.1) is 13.8 Å². The molecule has 2 aromatic rings. The number of benzene rings is 2. The van der Waals surface area contributed by atoms with Gasteiger partial charge in [-0.1, -0.05) is 30.3 Å². The van der Waals surface area contributed by atoms with Gasteiger partial charge in [-0.05, 0) is 48.2 Å². The fourth-order valence-corrected chi connectivity index (χ4v) is 3.05. The van der Waals surface area contributed by atoms with Crippen LogP contribution in [0.5, 0.6) is 0 Å². The first kappa shape index (κ1) is 15.7. The second-order valence-corrected chi connectivity index (χ2v) is 7.25. The summed E-state index contributed by atoms with van der Waals surface area (Å²) in [4.78, 5) is 0.297. The van der Waals surface area contributed by atoms with Crippen molar-refractivity contribution in [2.24, 2.45) is 5.84 Å². The van der Waals surface area contributed by atoms with Crippen LogP contribution in [0.2, 0.25) is 0 Å². The van der Waals surface area contributed by atoms with Gasteiger partial charge in [-0.3, -0.25) is 5.84 Å². The SMILES string of the molecule is Cc1cccc(C(NN)c2cccc(S(C)(=O)=O)c2)c1C. The average molecular weight is 304 g/mol. The van der Waals surface area contributed by atoms with Gasteiger partial charge in [-0.15, -0.1) is 0 Å². The zero-order valence-corrected chi connectivity index (χ0v) is 13.2. The predicted octanol–water partition coefficient (Wildman–Crippen LogP) is 2.26. The highest BCUT2D eigenvalue weighted by Gasteiger charge is 2.17. The summed E-state index contributed by atoms with van der Waals surface area (Å²) >= 11 is 0. The number of nitrogens with two attached hydrogens (primary N) is 1. The second-order valence-electron chi connectivity index (χ2n) is 5.23. The van der Waals surface area contributed by atoms with Gasteiger partial charge in [-0.2, -0.15) is 0 Å². The number of hydrogen-bond donors (Lipinski definition) is 2. The standard InChI is InChI=1S/C16H20N2O2S/c1-11-6-4-9-15(12(11)2)16(18-17)13-7-5-8-14(10-13)21(3,19)20/h4-10,16,18H,17H2,1-3H3. The van der Waals surface area contributed by atoms with Crippen molar-refractivity contribution < 1.29 is 8.42 Å². The Kier molecular flexibility index (Phi) is 4.46. The molecule has 0 saturated carbocycles. The number of hydrogen-bond acceptors (Lipinski definition) is 4. The van der Waals surface area contributed by atoms with Gasteiger partial charge in [0.25, 0.3) is 0 Å². The van der Waals surface area contributed by atoms with Gasteiger partial charge in [0.05, 0.1) is 10.9 Å². The molecule has 0 saturated heterocycles. The maximum absolute atomic E-state index is 11.7. The van der Waals surface area contributed by atoms with Crippen molar-refractivity contribution in [2.75, 3.05) is 6.26 Å². The van der Waals surface area contributed by atoms with Crippen LogP contribution in [0.3, 0.4) is 0 Å². The van der Waals surface area contributed by atoms with Crippen molar-refractivity contribution in [3.8, 4) is 0 Å².